The van der Waals surface area contributed by atoms with Crippen molar-refractivity contribution >= 4 is 52.2 Å². The summed E-state index contributed by atoms with van der Waals surface area (Å²) < 4.78 is 0.600. The number of halogens is 2. The van der Waals surface area contributed by atoms with Gasteiger partial charge in [0, 0.05) is 25.2 Å². The monoisotopic (exact) mass is 383 g/mol. The minimum Gasteiger partial charge on any atom is -0.338 e. The van der Waals surface area contributed by atoms with Crippen LogP contribution in [0.4, 0.5) is 5.82 Å². The van der Waals surface area contributed by atoms with Gasteiger partial charge in [-0.15, -0.1) is 11.3 Å². The lowest BCUT2D eigenvalue weighted by Crippen LogP contribution is -2.41. The molecule has 126 valence electrons. The zero-order valence-corrected chi connectivity index (χ0v) is 15.0. The van der Waals surface area contributed by atoms with Crippen LogP contribution in [0.25, 0.3) is 0 Å². The molecule has 2 aromatic rings. The summed E-state index contributed by atoms with van der Waals surface area (Å²) in [6, 6.07) is 6.80. The fourth-order valence-electron chi connectivity index (χ4n) is 2.61. The predicted molar refractivity (Wildman–Crippen MR) is 95.8 cm³/mol. The number of nitrogens with zero attached hydrogens (tertiary/aromatic N) is 2. The number of amides is 2. The average molecular weight is 384 g/mol. The molecular formula is C16H15Cl2N3O2S. The summed E-state index contributed by atoms with van der Waals surface area (Å²) >= 11 is 12.9. The first-order valence-electron chi connectivity index (χ1n) is 7.50. The molecule has 1 fully saturated rings. The van der Waals surface area contributed by atoms with Crippen molar-refractivity contribution in [3.63, 3.8) is 0 Å². The number of hydrogen-bond donors (Lipinski definition) is 1. The number of aromatic nitrogens is 1. The van der Waals surface area contributed by atoms with E-state index in [0.717, 1.165) is 0 Å². The molecule has 2 amide bonds. The molecule has 0 radical (unpaired) electrons. The number of carbonyl (C=O) groups excluding carboxylic acids is 2. The van der Waals surface area contributed by atoms with Gasteiger partial charge in [0.15, 0.2) is 0 Å². The Bertz CT molecular complexity index is 740. The van der Waals surface area contributed by atoms with Crippen LogP contribution in [0, 0.1) is 5.92 Å². The minimum absolute atomic E-state index is 0.0230. The van der Waals surface area contributed by atoms with E-state index in [1.165, 1.54) is 17.5 Å². The van der Waals surface area contributed by atoms with Crippen molar-refractivity contribution < 1.29 is 9.59 Å². The van der Waals surface area contributed by atoms with E-state index < -0.39 is 0 Å². The van der Waals surface area contributed by atoms with E-state index in [2.05, 4.69) is 10.3 Å². The lowest BCUT2D eigenvalue weighted by Gasteiger charge is -2.31. The summed E-state index contributed by atoms with van der Waals surface area (Å²) in [5.74, 6) is 0.260. The van der Waals surface area contributed by atoms with Crippen LogP contribution in [-0.4, -0.2) is 34.8 Å². The maximum Gasteiger partial charge on any atom is 0.263 e. The van der Waals surface area contributed by atoms with Crippen LogP contribution < -0.4 is 5.32 Å². The molecule has 3 heterocycles. The Kier molecular flexibility index (Phi) is 5.38. The van der Waals surface area contributed by atoms with E-state index in [1.807, 2.05) is 0 Å². The van der Waals surface area contributed by atoms with Crippen molar-refractivity contribution in [1.82, 2.24) is 9.88 Å². The van der Waals surface area contributed by atoms with E-state index in [9.17, 15) is 9.59 Å². The summed E-state index contributed by atoms with van der Waals surface area (Å²) in [4.78, 5) is 31.1. The smallest absolute Gasteiger partial charge is 0.263 e. The molecule has 0 aliphatic carbocycles. The SMILES string of the molecule is O=C(Nc1ccc(Cl)cn1)C1CCN(C(=O)c2ccc(Cl)s2)CC1. The van der Waals surface area contributed by atoms with Gasteiger partial charge in [-0.2, -0.15) is 0 Å². The number of nitrogens with one attached hydrogen (secondary N) is 1. The third kappa shape index (κ3) is 4.06. The molecule has 0 atom stereocenters. The van der Waals surface area contributed by atoms with Gasteiger partial charge in [-0.1, -0.05) is 23.2 Å². The lowest BCUT2D eigenvalue weighted by atomic mass is 9.96. The molecule has 0 bridgehead atoms. The van der Waals surface area contributed by atoms with Crippen LogP contribution >= 0.6 is 34.5 Å². The number of carbonyl (C=O) groups is 2. The normalized spacial score (nSPS) is 15.3. The van der Waals surface area contributed by atoms with Gasteiger partial charge in [-0.25, -0.2) is 4.98 Å². The van der Waals surface area contributed by atoms with E-state index in [1.54, 1.807) is 29.2 Å². The topological polar surface area (TPSA) is 62.3 Å². The first-order chi connectivity index (χ1) is 11.5. The third-order valence-corrected chi connectivity index (χ3v) is 5.36. The van der Waals surface area contributed by atoms with Gasteiger partial charge in [0.2, 0.25) is 5.91 Å². The van der Waals surface area contributed by atoms with E-state index in [-0.39, 0.29) is 17.7 Å². The Balaban J connectivity index is 1.53. The number of anilines is 1. The highest BCUT2D eigenvalue weighted by Gasteiger charge is 2.28. The van der Waals surface area contributed by atoms with Crippen molar-refractivity contribution in [2.45, 2.75) is 12.8 Å². The molecule has 0 saturated carbocycles. The fraction of sp³-hybridized carbons (Fsp3) is 0.312. The molecule has 1 N–H and O–H groups in total. The molecular weight excluding hydrogens is 369 g/mol. The van der Waals surface area contributed by atoms with Gasteiger partial charge < -0.3 is 10.2 Å². The Morgan fingerprint density at radius 2 is 1.92 bits per heavy atom. The van der Waals surface area contributed by atoms with Gasteiger partial charge in [0.1, 0.15) is 5.82 Å². The number of hydrogen-bond acceptors (Lipinski definition) is 4. The van der Waals surface area contributed by atoms with Crippen molar-refractivity contribution in [2.24, 2.45) is 5.92 Å². The Morgan fingerprint density at radius 1 is 1.17 bits per heavy atom. The largest absolute Gasteiger partial charge is 0.338 e. The number of thiophene rings is 1. The van der Waals surface area contributed by atoms with E-state index in [0.29, 0.717) is 46.0 Å². The highest BCUT2D eigenvalue weighted by atomic mass is 35.5. The second kappa shape index (κ2) is 7.51. The van der Waals surface area contributed by atoms with E-state index in [4.69, 9.17) is 23.2 Å². The molecule has 8 heteroatoms. The third-order valence-electron chi connectivity index (χ3n) is 3.92. The van der Waals surface area contributed by atoms with Gasteiger partial charge in [0.25, 0.3) is 5.91 Å². The average Bonchev–Trinajstić information content (AvgIpc) is 3.03. The van der Waals surface area contributed by atoms with Crippen molar-refractivity contribution in [2.75, 3.05) is 18.4 Å². The zero-order valence-electron chi connectivity index (χ0n) is 12.7. The van der Waals surface area contributed by atoms with Crippen molar-refractivity contribution in [3.05, 3.63) is 44.7 Å². The zero-order chi connectivity index (χ0) is 17.1. The highest BCUT2D eigenvalue weighted by Crippen LogP contribution is 2.25. The number of piperidine rings is 1. The first kappa shape index (κ1) is 17.2. The molecule has 1 aliphatic heterocycles. The van der Waals surface area contributed by atoms with Crippen LogP contribution in [0.5, 0.6) is 0 Å². The van der Waals surface area contributed by atoms with Crippen LogP contribution in [0.3, 0.4) is 0 Å². The Labute approximate surface area is 153 Å². The number of pyridine rings is 1. The molecule has 0 spiro atoms. The summed E-state index contributed by atoms with van der Waals surface area (Å²) in [5, 5.41) is 3.31. The minimum atomic E-state index is -0.126. The second-order valence-electron chi connectivity index (χ2n) is 5.52. The highest BCUT2D eigenvalue weighted by molar-refractivity contribution is 7.17. The Hall–Kier alpha value is -1.63. The maximum atomic E-state index is 12.4. The van der Waals surface area contributed by atoms with E-state index >= 15 is 0 Å². The standard InChI is InChI=1S/C16H15Cl2N3O2S/c17-11-1-4-14(19-9-11)20-15(22)10-5-7-21(8-6-10)16(23)12-2-3-13(18)24-12/h1-4,9-10H,5-8H2,(H,19,20,22). The van der Waals surface area contributed by atoms with Crippen LogP contribution in [0.1, 0.15) is 22.5 Å². The van der Waals surface area contributed by atoms with Gasteiger partial charge in [-0.3, -0.25) is 9.59 Å². The van der Waals surface area contributed by atoms with Gasteiger partial charge in [0.05, 0.1) is 14.2 Å². The van der Waals surface area contributed by atoms with Crippen LogP contribution in [0.15, 0.2) is 30.5 Å². The number of rotatable bonds is 3. The summed E-state index contributed by atoms with van der Waals surface area (Å²) in [6.07, 6.45) is 2.75. The molecule has 0 unspecified atom stereocenters. The second-order valence-corrected chi connectivity index (χ2v) is 7.67. The summed E-state index contributed by atoms with van der Waals surface area (Å²) in [6.45, 7) is 1.11. The quantitative estimate of drug-likeness (QED) is 0.872. The first-order valence-corrected chi connectivity index (χ1v) is 9.07. The fourth-order valence-corrected chi connectivity index (χ4v) is 3.73. The van der Waals surface area contributed by atoms with Crippen molar-refractivity contribution in [3.8, 4) is 0 Å². The molecule has 3 rings (SSSR count). The predicted octanol–water partition coefficient (Wildman–Crippen LogP) is 3.94. The maximum absolute atomic E-state index is 12.4. The molecule has 0 aromatic carbocycles. The molecule has 1 aliphatic rings. The Morgan fingerprint density at radius 3 is 2.50 bits per heavy atom. The van der Waals surface area contributed by atoms with Gasteiger partial charge >= 0.3 is 0 Å². The van der Waals surface area contributed by atoms with Crippen LogP contribution in [-0.2, 0) is 4.79 Å². The van der Waals surface area contributed by atoms with Crippen molar-refractivity contribution in [1.29, 1.82) is 0 Å². The van der Waals surface area contributed by atoms with Gasteiger partial charge in [-0.05, 0) is 37.1 Å². The lowest BCUT2D eigenvalue weighted by molar-refractivity contribution is -0.121. The summed E-state index contributed by atoms with van der Waals surface area (Å²) in [5.41, 5.74) is 0. The summed E-state index contributed by atoms with van der Waals surface area (Å²) in [7, 11) is 0. The van der Waals surface area contributed by atoms with Crippen LogP contribution in [0.2, 0.25) is 9.36 Å². The molecule has 5 nitrogen and oxygen atoms in total. The number of likely N-dealkylation sites (tertiary alicyclic amines) is 1. The molecule has 24 heavy (non-hydrogen) atoms. The molecule has 2 aromatic heterocycles. The molecule has 1 saturated heterocycles.